The molecular weight excluding hydrogens is 308 g/mol. The molecule has 0 spiro atoms. The highest BCUT2D eigenvalue weighted by molar-refractivity contribution is 7.99. The van der Waals surface area contributed by atoms with Crippen LogP contribution in [0.15, 0.2) is 46.8 Å². The number of hydrogen-bond donors (Lipinski definition) is 1. The van der Waals surface area contributed by atoms with Gasteiger partial charge in [-0.05, 0) is 24.6 Å². The number of nitrogens with zero attached hydrogens (tertiary/aromatic N) is 5. The summed E-state index contributed by atoms with van der Waals surface area (Å²) >= 11 is 1.61. The van der Waals surface area contributed by atoms with Crippen molar-refractivity contribution < 1.29 is 0 Å². The smallest absolute Gasteiger partial charge is 0.163 e. The maximum atomic E-state index is 9.00. The summed E-state index contributed by atoms with van der Waals surface area (Å²) in [7, 11) is 0. The van der Waals surface area contributed by atoms with Crippen LogP contribution in [0.3, 0.4) is 0 Å². The van der Waals surface area contributed by atoms with Crippen molar-refractivity contribution in [1.82, 2.24) is 19.5 Å². The average molecular weight is 320 g/mol. The van der Waals surface area contributed by atoms with E-state index in [9.17, 15) is 0 Å². The van der Waals surface area contributed by atoms with Crippen LogP contribution in [0.2, 0.25) is 0 Å². The van der Waals surface area contributed by atoms with Crippen molar-refractivity contribution in [3.05, 3.63) is 53.9 Å². The van der Waals surface area contributed by atoms with Crippen molar-refractivity contribution in [2.45, 2.75) is 23.4 Å². The van der Waals surface area contributed by atoms with Crippen molar-refractivity contribution >= 4 is 23.3 Å². The van der Waals surface area contributed by atoms with E-state index < -0.39 is 0 Å². The van der Waals surface area contributed by atoms with Gasteiger partial charge in [0.25, 0.3) is 0 Å². The number of hydrogen-bond acceptors (Lipinski definition) is 6. The van der Waals surface area contributed by atoms with Crippen LogP contribution in [0.4, 0.5) is 11.5 Å². The first kappa shape index (κ1) is 13.8. The Bertz CT molecular complexity index is 940. The molecule has 0 amide bonds. The van der Waals surface area contributed by atoms with Crippen molar-refractivity contribution in [3.8, 4) is 6.07 Å². The number of anilines is 2. The van der Waals surface area contributed by atoms with Crippen LogP contribution in [0, 0.1) is 18.3 Å². The summed E-state index contributed by atoms with van der Waals surface area (Å²) in [6, 6.07) is 8.37. The molecule has 6 nitrogen and oxygen atoms in total. The average Bonchev–Trinajstić information content (AvgIpc) is 2.93. The van der Waals surface area contributed by atoms with Gasteiger partial charge in [0.15, 0.2) is 11.5 Å². The molecular formula is C16H12N6S. The molecule has 1 aliphatic rings. The van der Waals surface area contributed by atoms with Crippen LogP contribution in [0.25, 0.3) is 0 Å². The molecule has 23 heavy (non-hydrogen) atoms. The van der Waals surface area contributed by atoms with Crippen molar-refractivity contribution in [1.29, 1.82) is 5.26 Å². The van der Waals surface area contributed by atoms with Gasteiger partial charge in [-0.15, -0.1) is 0 Å². The molecule has 0 saturated heterocycles. The minimum Gasteiger partial charge on any atom is -0.337 e. The van der Waals surface area contributed by atoms with Crippen LogP contribution in [-0.2, 0) is 6.54 Å². The van der Waals surface area contributed by atoms with Crippen LogP contribution in [-0.4, -0.2) is 19.5 Å². The Kier molecular flexibility index (Phi) is 3.24. The summed E-state index contributed by atoms with van der Waals surface area (Å²) < 4.78 is 1.98. The lowest BCUT2D eigenvalue weighted by molar-refractivity contribution is 0.769. The lowest BCUT2D eigenvalue weighted by Crippen LogP contribution is -2.05. The van der Waals surface area contributed by atoms with E-state index in [4.69, 9.17) is 5.26 Å². The van der Waals surface area contributed by atoms with Gasteiger partial charge in [0.05, 0.1) is 17.7 Å². The lowest BCUT2D eigenvalue weighted by Gasteiger charge is -2.19. The fourth-order valence-corrected chi connectivity index (χ4v) is 3.37. The number of benzene rings is 1. The van der Waals surface area contributed by atoms with Gasteiger partial charge in [-0.2, -0.15) is 5.26 Å². The zero-order valence-corrected chi connectivity index (χ0v) is 13.1. The van der Waals surface area contributed by atoms with Gasteiger partial charge in [-0.25, -0.2) is 15.0 Å². The second-order valence-corrected chi connectivity index (χ2v) is 6.22. The molecule has 0 fully saturated rings. The molecule has 112 valence electrons. The Hall–Kier alpha value is -2.85. The number of rotatable bonds is 2. The van der Waals surface area contributed by atoms with Gasteiger partial charge < -0.3 is 9.88 Å². The zero-order chi connectivity index (χ0) is 15.8. The van der Waals surface area contributed by atoms with Gasteiger partial charge in [0.1, 0.15) is 11.1 Å². The molecule has 0 atom stereocenters. The van der Waals surface area contributed by atoms with Gasteiger partial charge in [-0.1, -0.05) is 17.8 Å². The van der Waals surface area contributed by atoms with Crippen molar-refractivity contribution in [2.75, 3.05) is 5.32 Å². The highest BCUT2D eigenvalue weighted by atomic mass is 32.2. The Morgan fingerprint density at radius 1 is 1.26 bits per heavy atom. The fourth-order valence-electron chi connectivity index (χ4n) is 2.49. The van der Waals surface area contributed by atoms with E-state index in [2.05, 4.69) is 44.5 Å². The second-order valence-electron chi connectivity index (χ2n) is 5.19. The minimum atomic E-state index is 0.473. The third kappa shape index (κ3) is 2.43. The predicted molar refractivity (Wildman–Crippen MR) is 86.7 cm³/mol. The number of nitriles is 1. The van der Waals surface area contributed by atoms with Gasteiger partial charge in [0.2, 0.25) is 0 Å². The van der Waals surface area contributed by atoms with Crippen molar-refractivity contribution in [2.24, 2.45) is 0 Å². The number of imidazole rings is 1. The summed E-state index contributed by atoms with van der Waals surface area (Å²) in [6.45, 7) is 2.58. The number of nitrogens with one attached hydrogen (secondary N) is 1. The summed E-state index contributed by atoms with van der Waals surface area (Å²) in [5.74, 6) is 0.785. The third-order valence-electron chi connectivity index (χ3n) is 3.73. The van der Waals surface area contributed by atoms with Gasteiger partial charge in [-0.3, -0.25) is 0 Å². The van der Waals surface area contributed by atoms with Crippen LogP contribution in [0.5, 0.6) is 0 Å². The molecule has 7 heteroatoms. The van der Waals surface area contributed by atoms with E-state index in [-0.39, 0.29) is 0 Å². The molecule has 1 N–H and O–H groups in total. The molecule has 1 aliphatic heterocycles. The van der Waals surface area contributed by atoms with Crippen LogP contribution in [0.1, 0.15) is 17.0 Å². The number of aromatic nitrogens is 4. The molecule has 3 aromatic rings. The van der Waals surface area contributed by atoms with Gasteiger partial charge in [0, 0.05) is 23.8 Å². The van der Waals surface area contributed by atoms with Crippen LogP contribution >= 0.6 is 11.8 Å². The highest BCUT2D eigenvalue weighted by Gasteiger charge is 2.18. The first-order valence-corrected chi connectivity index (χ1v) is 7.87. The Labute approximate surface area is 137 Å². The Morgan fingerprint density at radius 2 is 2.13 bits per heavy atom. The van der Waals surface area contributed by atoms with E-state index >= 15 is 0 Å². The largest absolute Gasteiger partial charge is 0.337 e. The number of fused-ring (bicyclic) bond motifs is 2. The Balaban J connectivity index is 1.64. The maximum Gasteiger partial charge on any atom is 0.163 e. The summed E-state index contributed by atoms with van der Waals surface area (Å²) in [5.41, 5.74) is 3.51. The van der Waals surface area contributed by atoms with Crippen molar-refractivity contribution in [3.63, 3.8) is 0 Å². The van der Waals surface area contributed by atoms with E-state index in [1.54, 1.807) is 30.5 Å². The monoisotopic (exact) mass is 320 g/mol. The summed E-state index contributed by atoms with van der Waals surface area (Å²) in [5, 5.41) is 13.2. The molecule has 1 aromatic carbocycles. The second kappa shape index (κ2) is 5.41. The molecule has 4 rings (SSSR count). The van der Waals surface area contributed by atoms with Crippen LogP contribution < -0.4 is 5.32 Å². The molecule has 2 aromatic heterocycles. The normalized spacial score (nSPS) is 12.0. The molecule has 0 radical (unpaired) electrons. The predicted octanol–water partition coefficient (Wildman–Crippen LogP) is 3.11. The molecule has 3 heterocycles. The standard InChI is InChI=1S/C16H12N6S/c1-10-13(7-17)20-9-22(10)8-11-2-3-14-12(6-11)21-15-16(23-14)19-5-4-18-15/h2-6,9H,8H2,1H3,(H,18,21). The fraction of sp³-hybridized carbons (Fsp3) is 0.125. The van der Waals surface area contributed by atoms with E-state index in [0.29, 0.717) is 12.2 Å². The summed E-state index contributed by atoms with van der Waals surface area (Å²) in [6.07, 6.45) is 5.08. The quantitative estimate of drug-likeness (QED) is 0.611. The first-order valence-electron chi connectivity index (χ1n) is 7.05. The minimum absolute atomic E-state index is 0.473. The van der Waals surface area contributed by atoms with E-state index in [0.717, 1.165) is 32.7 Å². The topological polar surface area (TPSA) is 79.4 Å². The lowest BCUT2D eigenvalue weighted by atomic mass is 10.2. The Morgan fingerprint density at radius 3 is 2.96 bits per heavy atom. The summed E-state index contributed by atoms with van der Waals surface area (Å²) in [4.78, 5) is 13.9. The molecule has 0 saturated carbocycles. The third-order valence-corrected chi connectivity index (χ3v) is 4.79. The molecule has 0 unspecified atom stereocenters. The zero-order valence-electron chi connectivity index (χ0n) is 12.3. The SMILES string of the molecule is Cc1c(C#N)ncn1Cc1ccc2c(c1)Nc1nccnc1S2. The highest BCUT2D eigenvalue weighted by Crippen LogP contribution is 2.42. The molecule has 0 aliphatic carbocycles. The van der Waals surface area contributed by atoms with E-state index in [1.165, 1.54) is 0 Å². The maximum absolute atomic E-state index is 9.00. The van der Waals surface area contributed by atoms with Gasteiger partial charge >= 0.3 is 0 Å². The first-order chi connectivity index (χ1) is 11.2. The van der Waals surface area contributed by atoms with E-state index in [1.807, 2.05) is 11.5 Å². The molecule has 0 bridgehead atoms.